The van der Waals surface area contributed by atoms with Gasteiger partial charge in [-0.25, -0.2) is 13.1 Å². The van der Waals surface area contributed by atoms with Crippen molar-refractivity contribution in [3.8, 4) is 0 Å². The maximum Gasteiger partial charge on any atom is 0.242 e. The highest BCUT2D eigenvalue weighted by Gasteiger charge is 2.37. The van der Waals surface area contributed by atoms with Crippen molar-refractivity contribution in [3.05, 3.63) is 58.1 Å². The summed E-state index contributed by atoms with van der Waals surface area (Å²) in [6, 6.07) is 12.8. The summed E-state index contributed by atoms with van der Waals surface area (Å²) in [4.78, 5) is 14.4. The highest BCUT2D eigenvalue weighted by Crippen LogP contribution is 2.39. The molecule has 0 spiro atoms. The number of hydrogen-bond acceptors (Lipinski definition) is 3. The van der Waals surface area contributed by atoms with Gasteiger partial charge in [0, 0.05) is 29.2 Å². The average molecular weight is 435 g/mol. The predicted octanol–water partition coefficient (Wildman–Crippen LogP) is 3.23. The molecule has 7 heteroatoms. The number of rotatable bonds is 5. The van der Waals surface area contributed by atoms with Crippen molar-refractivity contribution in [3.63, 3.8) is 0 Å². The number of carbonyl (C=O) groups is 1. The summed E-state index contributed by atoms with van der Waals surface area (Å²) in [5.41, 5.74) is 2.62. The summed E-state index contributed by atoms with van der Waals surface area (Å²) in [5, 5.41) is 0. The largest absolute Gasteiger partial charge is 0.312 e. The zero-order valence-corrected chi connectivity index (χ0v) is 16.5. The lowest BCUT2D eigenvalue weighted by molar-refractivity contribution is -0.119. The summed E-state index contributed by atoms with van der Waals surface area (Å²) in [5.74, 6) is 0.229. The van der Waals surface area contributed by atoms with Crippen LogP contribution in [0.2, 0.25) is 0 Å². The van der Waals surface area contributed by atoms with Crippen LogP contribution in [0.3, 0.4) is 0 Å². The van der Waals surface area contributed by atoms with Crippen LogP contribution in [0.1, 0.15) is 24.0 Å². The van der Waals surface area contributed by atoms with Crippen LogP contribution in [0.5, 0.6) is 0 Å². The SMILES string of the molecule is O=C(C1CC1)N1CCc2cc(Br)c(S(=O)(=O)NCc3ccccc3)cc21. The van der Waals surface area contributed by atoms with Crippen molar-refractivity contribution in [2.75, 3.05) is 11.4 Å². The number of benzene rings is 2. The van der Waals surface area contributed by atoms with Crippen molar-refractivity contribution in [2.45, 2.75) is 30.7 Å². The van der Waals surface area contributed by atoms with Gasteiger partial charge >= 0.3 is 0 Å². The van der Waals surface area contributed by atoms with Crippen molar-refractivity contribution >= 4 is 37.5 Å². The fourth-order valence-electron chi connectivity index (χ4n) is 3.23. The standard InChI is InChI=1S/C19H19BrN2O3S/c20-16-10-15-8-9-22(19(23)14-6-7-14)17(15)11-18(16)26(24,25)21-12-13-4-2-1-3-5-13/h1-5,10-11,14,21H,6-9,12H2. The third kappa shape index (κ3) is 3.43. The van der Waals surface area contributed by atoms with Gasteiger partial charge in [-0.1, -0.05) is 30.3 Å². The molecule has 0 atom stereocenters. The summed E-state index contributed by atoms with van der Waals surface area (Å²) >= 11 is 3.39. The number of amides is 1. The molecule has 1 amide bonds. The van der Waals surface area contributed by atoms with Gasteiger partial charge < -0.3 is 4.90 Å². The van der Waals surface area contributed by atoms with Gasteiger partial charge in [0.2, 0.25) is 15.9 Å². The maximum absolute atomic E-state index is 12.8. The molecule has 2 aliphatic rings. The fourth-order valence-corrected chi connectivity index (χ4v) is 5.35. The van der Waals surface area contributed by atoms with E-state index >= 15 is 0 Å². The molecule has 1 aliphatic heterocycles. The molecule has 136 valence electrons. The third-order valence-electron chi connectivity index (χ3n) is 4.82. The van der Waals surface area contributed by atoms with Crippen LogP contribution < -0.4 is 9.62 Å². The van der Waals surface area contributed by atoms with Crippen LogP contribution in [0, 0.1) is 5.92 Å². The normalized spacial score (nSPS) is 16.6. The highest BCUT2D eigenvalue weighted by atomic mass is 79.9. The van der Waals surface area contributed by atoms with Crippen LogP contribution in [0.25, 0.3) is 0 Å². The number of nitrogens with one attached hydrogen (secondary N) is 1. The van der Waals surface area contributed by atoms with E-state index in [9.17, 15) is 13.2 Å². The lowest BCUT2D eigenvalue weighted by Gasteiger charge is -2.18. The molecule has 1 heterocycles. The number of nitrogens with zero attached hydrogens (tertiary/aromatic N) is 1. The predicted molar refractivity (Wildman–Crippen MR) is 103 cm³/mol. The smallest absolute Gasteiger partial charge is 0.242 e. The Morgan fingerprint density at radius 1 is 1.19 bits per heavy atom. The Labute approximate surface area is 161 Å². The van der Waals surface area contributed by atoms with Crippen LogP contribution in [0.15, 0.2) is 51.8 Å². The lowest BCUT2D eigenvalue weighted by atomic mass is 10.2. The highest BCUT2D eigenvalue weighted by molar-refractivity contribution is 9.10. The topological polar surface area (TPSA) is 66.5 Å². The van der Waals surface area contributed by atoms with E-state index in [1.165, 1.54) is 0 Å². The molecule has 26 heavy (non-hydrogen) atoms. The number of fused-ring (bicyclic) bond motifs is 1. The lowest BCUT2D eigenvalue weighted by Crippen LogP contribution is -2.30. The number of halogens is 1. The molecule has 1 fully saturated rings. The number of sulfonamides is 1. The number of hydrogen-bond donors (Lipinski definition) is 1. The van der Waals surface area contributed by atoms with E-state index in [1.54, 1.807) is 11.0 Å². The number of carbonyl (C=O) groups excluding carboxylic acids is 1. The Balaban J connectivity index is 1.62. The minimum atomic E-state index is -3.70. The van der Waals surface area contributed by atoms with E-state index in [0.717, 1.165) is 36.1 Å². The van der Waals surface area contributed by atoms with Crippen molar-refractivity contribution in [2.24, 2.45) is 5.92 Å². The second kappa shape index (κ2) is 6.79. The molecule has 1 aliphatic carbocycles. The monoisotopic (exact) mass is 434 g/mol. The summed E-state index contributed by atoms with van der Waals surface area (Å²) in [7, 11) is -3.70. The van der Waals surface area contributed by atoms with Gasteiger partial charge in [-0.15, -0.1) is 0 Å². The van der Waals surface area contributed by atoms with Gasteiger partial charge in [-0.05, 0) is 58.5 Å². The minimum Gasteiger partial charge on any atom is -0.312 e. The first kappa shape index (κ1) is 17.7. The van der Waals surface area contributed by atoms with E-state index < -0.39 is 10.0 Å². The zero-order valence-electron chi connectivity index (χ0n) is 14.1. The molecule has 4 rings (SSSR count). The van der Waals surface area contributed by atoms with Gasteiger partial charge in [0.25, 0.3) is 0 Å². The molecule has 0 bridgehead atoms. The van der Waals surface area contributed by atoms with Gasteiger partial charge in [-0.2, -0.15) is 0 Å². The molecule has 0 radical (unpaired) electrons. The molecule has 0 unspecified atom stereocenters. The van der Waals surface area contributed by atoms with Crippen molar-refractivity contribution in [1.82, 2.24) is 4.72 Å². The molecule has 2 aromatic rings. The molecule has 1 N–H and O–H groups in total. The number of anilines is 1. The molecule has 0 saturated heterocycles. The third-order valence-corrected chi connectivity index (χ3v) is 7.18. The first-order valence-corrected chi connectivity index (χ1v) is 10.9. The molecule has 2 aromatic carbocycles. The van der Waals surface area contributed by atoms with E-state index in [1.807, 2.05) is 36.4 Å². The minimum absolute atomic E-state index is 0.112. The molecule has 5 nitrogen and oxygen atoms in total. The first-order chi connectivity index (χ1) is 12.5. The van der Waals surface area contributed by atoms with Gasteiger partial charge in [0.1, 0.15) is 0 Å². The summed E-state index contributed by atoms with van der Waals surface area (Å²) in [6.45, 7) is 0.843. The molecular formula is C19H19BrN2O3S. The van der Waals surface area contributed by atoms with E-state index in [2.05, 4.69) is 20.7 Å². The van der Waals surface area contributed by atoms with Crippen LogP contribution in [0.4, 0.5) is 5.69 Å². The Kier molecular flexibility index (Phi) is 4.62. The average Bonchev–Trinajstić information content (AvgIpc) is 3.40. The fraction of sp³-hybridized carbons (Fsp3) is 0.316. The Bertz CT molecular complexity index is 956. The van der Waals surface area contributed by atoms with Gasteiger partial charge in [-0.3, -0.25) is 4.79 Å². The molecular weight excluding hydrogens is 416 g/mol. The van der Waals surface area contributed by atoms with Crippen molar-refractivity contribution in [1.29, 1.82) is 0 Å². The van der Waals surface area contributed by atoms with Crippen LogP contribution in [-0.2, 0) is 27.8 Å². The Morgan fingerprint density at radius 3 is 2.62 bits per heavy atom. The van der Waals surface area contributed by atoms with E-state index in [0.29, 0.717) is 11.0 Å². The molecule has 0 aromatic heterocycles. The Morgan fingerprint density at radius 2 is 1.92 bits per heavy atom. The van der Waals surface area contributed by atoms with Crippen LogP contribution >= 0.6 is 15.9 Å². The summed E-state index contributed by atoms with van der Waals surface area (Å²) in [6.07, 6.45) is 2.63. The Hall–Kier alpha value is -1.70. The van der Waals surface area contributed by atoms with E-state index in [-0.39, 0.29) is 23.3 Å². The van der Waals surface area contributed by atoms with Gasteiger partial charge in [0.05, 0.1) is 4.90 Å². The second-order valence-corrected chi connectivity index (χ2v) is 9.33. The molecule has 1 saturated carbocycles. The quantitative estimate of drug-likeness (QED) is 0.785. The van der Waals surface area contributed by atoms with E-state index in [4.69, 9.17) is 0 Å². The van der Waals surface area contributed by atoms with Crippen molar-refractivity contribution < 1.29 is 13.2 Å². The van der Waals surface area contributed by atoms with Gasteiger partial charge in [0.15, 0.2) is 0 Å². The maximum atomic E-state index is 12.8. The second-order valence-electron chi connectivity index (χ2n) is 6.74. The first-order valence-electron chi connectivity index (χ1n) is 8.63. The zero-order chi connectivity index (χ0) is 18.3. The van der Waals surface area contributed by atoms with Crippen LogP contribution in [-0.4, -0.2) is 20.9 Å². The summed E-state index contributed by atoms with van der Waals surface area (Å²) < 4.78 is 28.8.